The summed E-state index contributed by atoms with van der Waals surface area (Å²) in [5, 5.41) is 9.65. The highest BCUT2D eigenvalue weighted by Gasteiger charge is 2.23. The van der Waals surface area contributed by atoms with Gasteiger partial charge in [0.2, 0.25) is 0 Å². The molecule has 1 aliphatic rings. The molecule has 0 radical (unpaired) electrons. The summed E-state index contributed by atoms with van der Waals surface area (Å²) in [7, 11) is 1.38. The van der Waals surface area contributed by atoms with E-state index in [1.54, 1.807) is 23.9 Å². The fraction of sp³-hybridized carbons (Fsp3) is 0.550. The van der Waals surface area contributed by atoms with Crippen LogP contribution in [0, 0.1) is 0 Å². The first-order valence-corrected chi connectivity index (χ1v) is 10.7. The number of methoxy groups -OCH3 is 1. The van der Waals surface area contributed by atoms with Gasteiger partial charge in [-0.2, -0.15) is 0 Å². The number of carbonyl (C=O) groups excluding carboxylic acids is 1. The number of hydrogen-bond donors (Lipinski definition) is 1. The van der Waals surface area contributed by atoms with Gasteiger partial charge in [-0.15, -0.1) is 10.2 Å². The zero-order valence-corrected chi connectivity index (χ0v) is 17.3. The van der Waals surface area contributed by atoms with Gasteiger partial charge in [0, 0.05) is 12.4 Å². The van der Waals surface area contributed by atoms with E-state index in [2.05, 4.69) is 21.7 Å². The van der Waals surface area contributed by atoms with Gasteiger partial charge in [-0.1, -0.05) is 37.2 Å². The van der Waals surface area contributed by atoms with Crippen molar-refractivity contribution in [2.45, 2.75) is 62.2 Å². The minimum absolute atomic E-state index is 0.118. The Morgan fingerprint density at radius 2 is 2.18 bits per heavy atom. The molecule has 2 heterocycles. The molecule has 1 aliphatic heterocycles. The van der Waals surface area contributed by atoms with Crippen molar-refractivity contribution in [2.24, 2.45) is 5.73 Å². The van der Waals surface area contributed by atoms with Crippen molar-refractivity contribution in [3.8, 4) is 0 Å². The molecule has 7 nitrogen and oxygen atoms in total. The van der Waals surface area contributed by atoms with Gasteiger partial charge in [0.25, 0.3) is 0 Å². The summed E-state index contributed by atoms with van der Waals surface area (Å²) < 4.78 is 12.7. The lowest BCUT2D eigenvalue weighted by Gasteiger charge is -2.17. The van der Waals surface area contributed by atoms with Gasteiger partial charge in [-0.3, -0.25) is 0 Å². The summed E-state index contributed by atoms with van der Waals surface area (Å²) in [5.74, 6) is 1.24. The van der Waals surface area contributed by atoms with Crippen LogP contribution >= 0.6 is 11.8 Å². The minimum Gasteiger partial charge on any atom is -0.465 e. The molecule has 1 aromatic heterocycles. The molecule has 1 aromatic carbocycles. The van der Waals surface area contributed by atoms with Crippen LogP contribution in [-0.2, 0) is 21.8 Å². The number of benzene rings is 1. The maximum absolute atomic E-state index is 11.6. The Bertz CT molecular complexity index is 772. The maximum atomic E-state index is 11.6. The van der Waals surface area contributed by atoms with Crippen molar-refractivity contribution >= 4 is 17.7 Å². The van der Waals surface area contributed by atoms with Crippen molar-refractivity contribution in [1.29, 1.82) is 0 Å². The summed E-state index contributed by atoms with van der Waals surface area (Å²) in [6.07, 6.45) is 4.23. The fourth-order valence-electron chi connectivity index (χ4n) is 3.29. The van der Waals surface area contributed by atoms with Crippen LogP contribution in [0.25, 0.3) is 0 Å². The van der Waals surface area contributed by atoms with Crippen molar-refractivity contribution < 1.29 is 14.3 Å². The number of nitrogens with zero attached hydrogens (tertiary/aromatic N) is 3. The summed E-state index contributed by atoms with van der Waals surface area (Å²) in [5.41, 5.74) is 7.99. The Morgan fingerprint density at radius 3 is 2.82 bits per heavy atom. The molecule has 2 unspecified atom stereocenters. The second-order valence-electron chi connectivity index (χ2n) is 6.96. The number of esters is 1. The first kappa shape index (κ1) is 20.8. The van der Waals surface area contributed by atoms with E-state index in [0.29, 0.717) is 5.56 Å². The molecule has 3 rings (SSSR count). The highest BCUT2D eigenvalue weighted by Crippen LogP contribution is 2.27. The Labute approximate surface area is 170 Å². The first-order valence-electron chi connectivity index (χ1n) is 9.72. The lowest BCUT2D eigenvalue weighted by molar-refractivity contribution is 0.0600. The average Bonchev–Trinajstić information content (AvgIpc) is 3.37. The first-order chi connectivity index (χ1) is 13.6. The monoisotopic (exact) mass is 404 g/mol. The summed E-state index contributed by atoms with van der Waals surface area (Å²) in [6.45, 7) is 3.68. The highest BCUT2D eigenvalue weighted by molar-refractivity contribution is 7.98. The van der Waals surface area contributed by atoms with Crippen LogP contribution in [0.5, 0.6) is 0 Å². The smallest absolute Gasteiger partial charge is 0.337 e. The van der Waals surface area contributed by atoms with Gasteiger partial charge in [-0.25, -0.2) is 4.79 Å². The van der Waals surface area contributed by atoms with Crippen molar-refractivity contribution in [3.05, 3.63) is 41.2 Å². The van der Waals surface area contributed by atoms with E-state index in [1.165, 1.54) is 7.11 Å². The van der Waals surface area contributed by atoms with E-state index < -0.39 is 0 Å². The van der Waals surface area contributed by atoms with Gasteiger partial charge in [-0.05, 0) is 37.0 Å². The molecule has 0 spiro atoms. The van der Waals surface area contributed by atoms with E-state index in [9.17, 15) is 4.79 Å². The predicted octanol–water partition coefficient (Wildman–Crippen LogP) is 3.34. The molecule has 28 heavy (non-hydrogen) atoms. The van der Waals surface area contributed by atoms with Crippen molar-refractivity contribution in [2.75, 3.05) is 13.7 Å². The molecule has 152 valence electrons. The Hall–Kier alpha value is -1.90. The Morgan fingerprint density at radius 1 is 1.39 bits per heavy atom. The molecule has 2 atom stereocenters. The number of hydrogen-bond acceptors (Lipinski definition) is 7. The number of nitrogens with two attached hydrogens (primary N) is 1. The van der Waals surface area contributed by atoms with Crippen LogP contribution in [0.2, 0.25) is 0 Å². The van der Waals surface area contributed by atoms with Crippen molar-refractivity contribution in [3.63, 3.8) is 0 Å². The van der Waals surface area contributed by atoms with E-state index in [-0.39, 0.29) is 18.1 Å². The predicted molar refractivity (Wildman–Crippen MR) is 108 cm³/mol. The van der Waals surface area contributed by atoms with Crippen LogP contribution in [0.15, 0.2) is 29.4 Å². The maximum Gasteiger partial charge on any atom is 0.337 e. The zero-order chi connectivity index (χ0) is 19.9. The molecule has 2 aromatic rings. The SMILES string of the molecule is CCCC(N)c1nnc(SCc2ccc(C(=O)OC)cc2)n1CC1CCCO1. The van der Waals surface area contributed by atoms with Gasteiger partial charge < -0.3 is 19.8 Å². The van der Waals surface area contributed by atoms with Crippen LogP contribution in [0.3, 0.4) is 0 Å². The molecular weight excluding hydrogens is 376 g/mol. The molecule has 0 amide bonds. The third-order valence-corrected chi connectivity index (χ3v) is 5.87. The summed E-state index contributed by atoms with van der Waals surface area (Å²) in [4.78, 5) is 11.6. The third-order valence-electron chi connectivity index (χ3n) is 4.83. The minimum atomic E-state index is -0.329. The topological polar surface area (TPSA) is 92.3 Å². The van der Waals surface area contributed by atoms with Gasteiger partial charge in [0.15, 0.2) is 11.0 Å². The van der Waals surface area contributed by atoms with Crippen molar-refractivity contribution in [1.82, 2.24) is 14.8 Å². The molecular formula is C20H28N4O3S. The largest absolute Gasteiger partial charge is 0.465 e. The fourth-order valence-corrected chi connectivity index (χ4v) is 4.20. The normalized spacial score (nSPS) is 17.6. The van der Waals surface area contributed by atoms with Crippen LogP contribution in [0.1, 0.15) is 60.4 Å². The van der Waals surface area contributed by atoms with Crippen LogP contribution in [0.4, 0.5) is 0 Å². The molecule has 0 aliphatic carbocycles. The molecule has 8 heteroatoms. The number of rotatable bonds is 9. The van der Waals surface area contributed by atoms with Gasteiger partial charge in [0.05, 0.1) is 31.4 Å². The van der Waals surface area contributed by atoms with E-state index in [1.807, 2.05) is 12.1 Å². The van der Waals surface area contributed by atoms with Gasteiger partial charge >= 0.3 is 5.97 Å². The van der Waals surface area contributed by atoms with E-state index >= 15 is 0 Å². The second-order valence-corrected chi connectivity index (χ2v) is 7.90. The summed E-state index contributed by atoms with van der Waals surface area (Å²) >= 11 is 1.62. The highest BCUT2D eigenvalue weighted by atomic mass is 32.2. The third kappa shape index (κ3) is 5.12. The van der Waals surface area contributed by atoms with E-state index in [4.69, 9.17) is 15.2 Å². The van der Waals surface area contributed by atoms with Crippen LogP contribution in [-0.4, -0.2) is 40.6 Å². The second kappa shape index (κ2) is 10.0. The standard InChI is InChI=1S/C20H28N4O3S/c1-3-5-17(21)18-22-23-20(24(18)12-16-6-4-11-27-16)28-13-14-7-9-15(10-8-14)19(25)26-2/h7-10,16-17H,3-6,11-13,21H2,1-2H3. The average molecular weight is 405 g/mol. The lowest BCUT2D eigenvalue weighted by Crippen LogP contribution is -2.22. The number of aromatic nitrogens is 3. The Balaban J connectivity index is 1.72. The quantitative estimate of drug-likeness (QED) is 0.506. The molecule has 1 saturated heterocycles. The zero-order valence-electron chi connectivity index (χ0n) is 16.5. The molecule has 1 fully saturated rings. The van der Waals surface area contributed by atoms with Gasteiger partial charge in [0.1, 0.15) is 0 Å². The molecule has 0 saturated carbocycles. The molecule has 2 N–H and O–H groups in total. The number of thioether (sulfide) groups is 1. The van der Waals surface area contributed by atoms with Crippen LogP contribution < -0.4 is 5.73 Å². The molecule has 0 bridgehead atoms. The summed E-state index contributed by atoms with van der Waals surface area (Å²) in [6, 6.07) is 7.31. The number of ether oxygens (including phenoxy) is 2. The number of carbonyl (C=O) groups is 1. The Kier molecular flexibility index (Phi) is 7.47. The lowest BCUT2D eigenvalue weighted by atomic mass is 10.1. The van der Waals surface area contributed by atoms with E-state index in [0.717, 1.165) is 61.1 Å².